The molecule has 0 spiro atoms. The molecule has 0 saturated carbocycles. The van der Waals surface area contributed by atoms with Crippen molar-refractivity contribution >= 4 is 23.7 Å². The first-order valence-corrected chi connectivity index (χ1v) is 9.39. The van der Waals surface area contributed by atoms with Crippen molar-refractivity contribution in [1.29, 1.82) is 0 Å². The predicted molar refractivity (Wildman–Crippen MR) is 102 cm³/mol. The second-order valence-electron chi connectivity index (χ2n) is 6.58. The van der Waals surface area contributed by atoms with Gasteiger partial charge in [-0.3, -0.25) is 9.69 Å². The molecule has 25 heavy (non-hydrogen) atoms. The van der Waals surface area contributed by atoms with Gasteiger partial charge in [-0.2, -0.15) is 0 Å². The number of rotatable bonds is 6. The highest BCUT2D eigenvalue weighted by Gasteiger charge is 2.43. The largest absolute Gasteiger partial charge is 0.325 e. The van der Waals surface area contributed by atoms with E-state index in [0.29, 0.717) is 12.3 Å². The van der Waals surface area contributed by atoms with Crippen LogP contribution in [0.1, 0.15) is 30.2 Å². The van der Waals surface area contributed by atoms with Gasteiger partial charge in [0.15, 0.2) is 0 Å². The molecular formula is C20H22N2O2S. The van der Waals surface area contributed by atoms with Gasteiger partial charge >= 0.3 is 6.03 Å². The molecule has 1 N–H and O–H groups in total. The lowest BCUT2D eigenvalue weighted by Gasteiger charge is -2.20. The molecule has 0 aromatic heterocycles. The van der Waals surface area contributed by atoms with Gasteiger partial charge in [-0.25, -0.2) is 4.79 Å². The first kappa shape index (κ1) is 17.5. The SMILES string of the molecule is CC1(C)NC(=O)N(CCSC(c2ccccc2)c2ccccc2)C1=O. The molecule has 0 radical (unpaired) electrons. The van der Waals surface area contributed by atoms with Crippen LogP contribution in [0, 0.1) is 0 Å². The summed E-state index contributed by atoms with van der Waals surface area (Å²) in [6.45, 7) is 3.88. The van der Waals surface area contributed by atoms with E-state index in [1.165, 1.54) is 16.0 Å². The molecule has 0 aliphatic carbocycles. The summed E-state index contributed by atoms with van der Waals surface area (Å²) in [7, 11) is 0. The Morgan fingerprint density at radius 1 is 0.960 bits per heavy atom. The predicted octanol–water partition coefficient (Wildman–Crippen LogP) is 3.84. The Morgan fingerprint density at radius 2 is 1.48 bits per heavy atom. The van der Waals surface area contributed by atoms with Crippen LogP contribution >= 0.6 is 11.8 Å². The third-order valence-electron chi connectivity index (χ3n) is 4.25. The van der Waals surface area contributed by atoms with Gasteiger partial charge < -0.3 is 5.32 Å². The monoisotopic (exact) mass is 354 g/mol. The van der Waals surface area contributed by atoms with E-state index >= 15 is 0 Å². The summed E-state index contributed by atoms with van der Waals surface area (Å²) in [4.78, 5) is 25.6. The van der Waals surface area contributed by atoms with Gasteiger partial charge in [0.2, 0.25) is 0 Å². The van der Waals surface area contributed by atoms with Crippen molar-refractivity contribution in [3.05, 3.63) is 71.8 Å². The number of hydrogen-bond donors (Lipinski definition) is 1. The molecule has 2 aromatic carbocycles. The topological polar surface area (TPSA) is 49.4 Å². The van der Waals surface area contributed by atoms with Gasteiger partial charge in [0, 0.05) is 12.3 Å². The molecule has 1 aliphatic rings. The van der Waals surface area contributed by atoms with Crippen LogP contribution < -0.4 is 5.32 Å². The van der Waals surface area contributed by atoms with E-state index in [0.717, 1.165) is 0 Å². The van der Waals surface area contributed by atoms with Crippen LogP contribution in [0.2, 0.25) is 0 Å². The van der Waals surface area contributed by atoms with Gasteiger partial charge in [0.05, 0.1) is 5.25 Å². The van der Waals surface area contributed by atoms with Crippen LogP contribution in [0.25, 0.3) is 0 Å². The van der Waals surface area contributed by atoms with Crippen LogP contribution in [-0.2, 0) is 4.79 Å². The number of urea groups is 1. The smallest absolute Gasteiger partial charge is 0.324 e. The van der Waals surface area contributed by atoms with Crippen molar-refractivity contribution < 1.29 is 9.59 Å². The fourth-order valence-electron chi connectivity index (χ4n) is 2.92. The van der Waals surface area contributed by atoms with Crippen LogP contribution in [0.3, 0.4) is 0 Å². The highest BCUT2D eigenvalue weighted by atomic mass is 32.2. The van der Waals surface area contributed by atoms with Crippen molar-refractivity contribution in [3.8, 4) is 0 Å². The van der Waals surface area contributed by atoms with Crippen molar-refractivity contribution in [2.24, 2.45) is 0 Å². The van der Waals surface area contributed by atoms with E-state index in [-0.39, 0.29) is 17.2 Å². The number of benzene rings is 2. The third-order valence-corrected chi connectivity index (χ3v) is 5.54. The first-order chi connectivity index (χ1) is 12.0. The summed E-state index contributed by atoms with van der Waals surface area (Å²) in [6.07, 6.45) is 0. The van der Waals surface area contributed by atoms with Crippen LogP contribution in [0.5, 0.6) is 0 Å². The lowest BCUT2D eigenvalue weighted by Crippen LogP contribution is -2.40. The summed E-state index contributed by atoms with van der Waals surface area (Å²) < 4.78 is 0. The normalized spacial score (nSPS) is 16.4. The molecule has 0 bridgehead atoms. The molecule has 2 aromatic rings. The number of nitrogens with one attached hydrogen (secondary N) is 1. The minimum atomic E-state index is -0.806. The Kier molecular flexibility index (Phi) is 5.13. The molecule has 1 aliphatic heterocycles. The quantitative estimate of drug-likeness (QED) is 0.802. The average Bonchev–Trinajstić information content (AvgIpc) is 2.81. The van der Waals surface area contributed by atoms with Gasteiger partial charge in [0.25, 0.3) is 5.91 Å². The Morgan fingerprint density at radius 3 is 1.92 bits per heavy atom. The summed E-state index contributed by atoms with van der Waals surface area (Å²) >= 11 is 1.74. The lowest BCUT2D eigenvalue weighted by molar-refractivity contribution is -0.130. The maximum absolute atomic E-state index is 12.3. The van der Waals surface area contributed by atoms with Crippen molar-refractivity contribution in [2.45, 2.75) is 24.6 Å². The third kappa shape index (κ3) is 3.87. The number of thioether (sulfide) groups is 1. The maximum atomic E-state index is 12.3. The van der Waals surface area contributed by atoms with Crippen LogP contribution in [0.4, 0.5) is 4.79 Å². The minimum Gasteiger partial charge on any atom is -0.324 e. The summed E-state index contributed by atoms with van der Waals surface area (Å²) in [5, 5.41) is 2.90. The maximum Gasteiger partial charge on any atom is 0.325 e. The van der Waals surface area contributed by atoms with Gasteiger partial charge in [-0.05, 0) is 25.0 Å². The molecular weight excluding hydrogens is 332 g/mol. The summed E-state index contributed by atoms with van der Waals surface area (Å²) in [5.41, 5.74) is 1.63. The molecule has 0 unspecified atom stereocenters. The molecule has 1 fully saturated rings. The highest BCUT2D eigenvalue weighted by Crippen LogP contribution is 2.35. The van der Waals surface area contributed by atoms with Crippen molar-refractivity contribution in [2.75, 3.05) is 12.3 Å². The zero-order valence-corrected chi connectivity index (χ0v) is 15.3. The molecule has 130 valence electrons. The molecule has 3 amide bonds. The number of nitrogens with zero attached hydrogens (tertiary/aromatic N) is 1. The zero-order valence-electron chi connectivity index (χ0n) is 14.4. The number of carbonyl (C=O) groups is 2. The van der Waals surface area contributed by atoms with E-state index in [1.807, 2.05) is 36.4 Å². The zero-order chi connectivity index (χ0) is 17.9. The van der Waals surface area contributed by atoms with E-state index in [4.69, 9.17) is 0 Å². The molecule has 4 nitrogen and oxygen atoms in total. The average molecular weight is 354 g/mol. The minimum absolute atomic E-state index is 0.158. The summed E-state index contributed by atoms with van der Waals surface area (Å²) in [6, 6.07) is 20.3. The standard InChI is InChI=1S/C20H22N2O2S/c1-20(2)18(23)22(19(24)21-20)13-14-25-17(15-9-5-3-6-10-15)16-11-7-4-8-12-16/h3-12,17H,13-14H2,1-2H3,(H,21,24). The Bertz CT molecular complexity index is 707. The lowest BCUT2D eigenvalue weighted by atomic mass is 10.0. The van der Waals surface area contributed by atoms with Gasteiger partial charge in [0.1, 0.15) is 5.54 Å². The number of carbonyl (C=O) groups excluding carboxylic acids is 2. The molecule has 0 atom stereocenters. The molecule has 5 heteroatoms. The second kappa shape index (κ2) is 7.31. The molecule has 3 rings (SSSR count). The van der Waals surface area contributed by atoms with Crippen molar-refractivity contribution in [3.63, 3.8) is 0 Å². The van der Waals surface area contributed by atoms with Gasteiger partial charge in [-0.15, -0.1) is 11.8 Å². The van der Waals surface area contributed by atoms with E-state index < -0.39 is 5.54 Å². The van der Waals surface area contributed by atoms with Crippen LogP contribution in [0.15, 0.2) is 60.7 Å². The Hall–Kier alpha value is -2.27. The fraction of sp³-hybridized carbons (Fsp3) is 0.300. The molecule has 1 saturated heterocycles. The van der Waals surface area contributed by atoms with Gasteiger partial charge in [-0.1, -0.05) is 60.7 Å². The van der Waals surface area contributed by atoms with E-state index in [9.17, 15) is 9.59 Å². The summed E-state index contributed by atoms with van der Waals surface area (Å²) in [5.74, 6) is 0.526. The number of hydrogen-bond acceptors (Lipinski definition) is 3. The second-order valence-corrected chi connectivity index (χ2v) is 7.80. The Balaban J connectivity index is 1.70. The fourth-order valence-corrected chi connectivity index (χ4v) is 4.15. The molecule has 1 heterocycles. The highest BCUT2D eigenvalue weighted by molar-refractivity contribution is 7.99. The van der Waals surface area contributed by atoms with E-state index in [2.05, 4.69) is 29.6 Å². The van der Waals surface area contributed by atoms with Crippen LogP contribution in [-0.4, -0.2) is 34.7 Å². The Labute approximate surface area is 152 Å². The number of amides is 3. The first-order valence-electron chi connectivity index (χ1n) is 8.34. The van der Waals surface area contributed by atoms with E-state index in [1.54, 1.807) is 25.6 Å². The van der Waals surface area contributed by atoms with Crippen molar-refractivity contribution in [1.82, 2.24) is 10.2 Å². The number of imide groups is 1.